The topological polar surface area (TPSA) is 110 Å². The molecule has 0 rings (SSSR count). The smallest absolute Gasteiger partial charge is 0.273 e. The van der Waals surface area contributed by atoms with Crippen LogP contribution in [0.3, 0.4) is 0 Å². The normalized spacial score (nSPS) is 14.1. The molecule has 7 heteroatoms. The third-order valence-corrected chi connectivity index (χ3v) is 2.77. The molecule has 1 atom stereocenters. The number of ketones is 1. The zero-order chi connectivity index (χ0) is 12.8. The fraction of sp³-hybridized carbons (Fsp3) is 0.889. The molecular weight excluding hydrogens is 227 g/mol. The van der Waals surface area contributed by atoms with Gasteiger partial charge in [0.2, 0.25) is 0 Å². The predicted octanol–water partition coefficient (Wildman–Crippen LogP) is 0.337. The fourth-order valence-corrected chi connectivity index (χ4v) is 1.87. The Morgan fingerprint density at radius 1 is 1.38 bits per heavy atom. The number of hydrogen-bond donors (Lipinski definition) is 4. The molecule has 0 fully saturated rings. The highest BCUT2D eigenvalue weighted by Crippen LogP contribution is 2.16. The second-order valence-electron chi connectivity index (χ2n) is 4.24. The van der Waals surface area contributed by atoms with Gasteiger partial charge in [0.25, 0.3) is 7.59 Å². The lowest BCUT2D eigenvalue weighted by molar-refractivity contribution is -0.119. The summed E-state index contributed by atoms with van der Waals surface area (Å²) in [6.07, 6.45) is 1.38. The standard InChI is InChI=1S/C9H23N4O2P/c1-7(2)13-9(8(3)14)5-4-6-12-16(10,11)15/h7,9,13H,4-6H2,1-3H3,(H5,10,11,12,15)/t9-/m0/s1. The summed E-state index contributed by atoms with van der Waals surface area (Å²) in [6, 6.07) is 0.105. The molecule has 0 radical (unpaired) electrons. The minimum atomic E-state index is -3.13. The molecule has 0 bridgehead atoms. The van der Waals surface area contributed by atoms with Crippen molar-refractivity contribution >= 4 is 13.4 Å². The van der Waals surface area contributed by atoms with Crippen molar-refractivity contribution in [3.63, 3.8) is 0 Å². The molecule has 0 aromatic rings. The molecule has 0 heterocycles. The van der Waals surface area contributed by atoms with E-state index in [0.29, 0.717) is 19.4 Å². The van der Waals surface area contributed by atoms with Crippen LogP contribution in [0.25, 0.3) is 0 Å². The van der Waals surface area contributed by atoms with Gasteiger partial charge in [0, 0.05) is 12.6 Å². The maximum absolute atomic E-state index is 11.3. The van der Waals surface area contributed by atoms with Crippen molar-refractivity contribution in [1.29, 1.82) is 0 Å². The van der Waals surface area contributed by atoms with Gasteiger partial charge in [0.05, 0.1) is 6.04 Å². The molecule has 0 aliphatic carbocycles. The van der Waals surface area contributed by atoms with E-state index in [-0.39, 0.29) is 17.9 Å². The van der Waals surface area contributed by atoms with Crippen LogP contribution in [0.15, 0.2) is 0 Å². The van der Waals surface area contributed by atoms with Crippen LogP contribution in [0.4, 0.5) is 0 Å². The minimum absolute atomic E-state index is 0.109. The van der Waals surface area contributed by atoms with Crippen LogP contribution in [-0.4, -0.2) is 24.4 Å². The van der Waals surface area contributed by atoms with E-state index in [2.05, 4.69) is 10.4 Å². The summed E-state index contributed by atoms with van der Waals surface area (Å²) in [6.45, 7) is 5.99. The van der Waals surface area contributed by atoms with Gasteiger partial charge in [0.1, 0.15) is 5.78 Å². The number of carbonyl (C=O) groups is 1. The van der Waals surface area contributed by atoms with Crippen LogP contribution >= 0.6 is 7.59 Å². The molecule has 0 saturated heterocycles. The molecule has 0 aliphatic heterocycles. The first kappa shape index (κ1) is 15.7. The van der Waals surface area contributed by atoms with Gasteiger partial charge < -0.3 is 5.32 Å². The van der Waals surface area contributed by atoms with E-state index in [0.717, 1.165) is 0 Å². The molecule has 0 saturated carbocycles. The zero-order valence-corrected chi connectivity index (χ0v) is 11.1. The fourth-order valence-electron chi connectivity index (χ4n) is 1.37. The quantitative estimate of drug-likeness (QED) is 0.365. The average molecular weight is 250 g/mol. The van der Waals surface area contributed by atoms with Crippen LogP contribution in [0, 0.1) is 0 Å². The Balaban J connectivity index is 3.86. The molecule has 0 aromatic heterocycles. The lowest BCUT2D eigenvalue weighted by Gasteiger charge is -2.18. The third-order valence-electron chi connectivity index (χ3n) is 2.05. The van der Waals surface area contributed by atoms with Crippen molar-refractivity contribution < 1.29 is 9.36 Å². The van der Waals surface area contributed by atoms with E-state index in [9.17, 15) is 9.36 Å². The van der Waals surface area contributed by atoms with Gasteiger partial charge in [-0.05, 0) is 19.8 Å². The zero-order valence-electron chi connectivity index (χ0n) is 10.2. The van der Waals surface area contributed by atoms with E-state index in [1.54, 1.807) is 6.92 Å². The molecule has 0 unspecified atom stereocenters. The Bertz CT molecular complexity index is 264. The number of rotatable bonds is 8. The second kappa shape index (κ2) is 7.14. The van der Waals surface area contributed by atoms with E-state index < -0.39 is 7.59 Å². The summed E-state index contributed by atoms with van der Waals surface area (Å²) in [5, 5.41) is 5.71. The van der Waals surface area contributed by atoms with Crippen molar-refractivity contribution in [2.45, 2.75) is 45.7 Å². The van der Waals surface area contributed by atoms with E-state index in [1.165, 1.54) is 0 Å². The Kier molecular flexibility index (Phi) is 7.03. The highest BCUT2D eigenvalue weighted by atomic mass is 31.2. The van der Waals surface area contributed by atoms with Gasteiger partial charge in [-0.15, -0.1) is 0 Å². The summed E-state index contributed by atoms with van der Waals surface area (Å²) < 4.78 is 10.9. The first-order valence-corrected chi connectivity index (χ1v) is 7.25. The molecule has 6 nitrogen and oxygen atoms in total. The molecule has 96 valence electrons. The first-order chi connectivity index (χ1) is 7.22. The lowest BCUT2D eigenvalue weighted by atomic mass is 10.1. The summed E-state index contributed by atoms with van der Waals surface area (Å²) in [7, 11) is -3.13. The largest absolute Gasteiger partial charge is 0.305 e. The second-order valence-corrected chi connectivity index (χ2v) is 5.98. The number of nitrogens with two attached hydrogens (primary N) is 2. The molecular formula is C9H23N4O2P. The van der Waals surface area contributed by atoms with Crippen LogP contribution in [0.1, 0.15) is 33.6 Å². The third kappa shape index (κ3) is 9.00. The van der Waals surface area contributed by atoms with Gasteiger partial charge in [-0.2, -0.15) is 0 Å². The van der Waals surface area contributed by atoms with E-state index >= 15 is 0 Å². The summed E-state index contributed by atoms with van der Waals surface area (Å²) in [5.41, 5.74) is 10.3. The summed E-state index contributed by atoms with van der Waals surface area (Å²) >= 11 is 0. The number of nitrogens with one attached hydrogen (secondary N) is 2. The van der Waals surface area contributed by atoms with Crippen molar-refractivity contribution in [1.82, 2.24) is 10.4 Å². The van der Waals surface area contributed by atoms with Gasteiger partial charge in [-0.25, -0.2) is 5.09 Å². The SMILES string of the molecule is CC(=O)[C@H](CCCNP(N)(N)=O)NC(C)C. The summed E-state index contributed by atoms with van der Waals surface area (Å²) in [4.78, 5) is 11.3. The van der Waals surface area contributed by atoms with Crippen LogP contribution < -0.4 is 21.4 Å². The Morgan fingerprint density at radius 2 is 1.94 bits per heavy atom. The Morgan fingerprint density at radius 3 is 2.31 bits per heavy atom. The average Bonchev–Trinajstić information content (AvgIpc) is 2.07. The number of hydrogen-bond acceptors (Lipinski definition) is 3. The Hall–Kier alpha value is -0.260. The maximum Gasteiger partial charge on any atom is 0.273 e. The summed E-state index contributed by atoms with van der Waals surface area (Å²) in [5.74, 6) is 0.109. The maximum atomic E-state index is 11.3. The minimum Gasteiger partial charge on any atom is -0.305 e. The number of Topliss-reactive ketones (excluding diaryl/α,β-unsaturated/α-hetero) is 1. The van der Waals surface area contributed by atoms with Crippen LogP contribution in [0.2, 0.25) is 0 Å². The van der Waals surface area contributed by atoms with Crippen LogP contribution in [0.5, 0.6) is 0 Å². The van der Waals surface area contributed by atoms with Gasteiger partial charge >= 0.3 is 0 Å². The monoisotopic (exact) mass is 250 g/mol. The predicted molar refractivity (Wildman–Crippen MR) is 66.0 cm³/mol. The molecule has 0 amide bonds. The van der Waals surface area contributed by atoms with Crippen molar-refractivity contribution in [2.24, 2.45) is 11.0 Å². The Labute approximate surface area is 97.1 Å². The molecule has 0 spiro atoms. The molecule has 0 aromatic carbocycles. The number of carbonyl (C=O) groups excluding carboxylic acids is 1. The highest BCUT2D eigenvalue weighted by molar-refractivity contribution is 7.56. The van der Waals surface area contributed by atoms with Gasteiger partial charge in [0.15, 0.2) is 0 Å². The highest BCUT2D eigenvalue weighted by Gasteiger charge is 2.14. The van der Waals surface area contributed by atoms with Crippen molar-refractivity contribution in [3.8, 4) is 0 Å². The van der Waals surface area contributed by atoms with Gasteiger partial charge in [-0.1, -0.05) is 13.8 Å². The van der Waals surface area contributed by atoms with Crippen molar-refractivity contribution in [2.75, 3.05) is 6.54 Å². The lowest BCUT2D eigenvalue weighted by Crippen LogP contribution is -2.40. The van der Waals surface area contributed by atoms with E-state index in [4.69, 9.17) is 11.0 Å². The van der Waals surface area contributed by atoms with Crippen LogP contribution in [-0.2, 0) is 9.36 Å². The molecule has 6 N–H and O–H groups in total. The van der Waals surface area contributed by atoms with Gasteiger partial charge in [-0.3, -0.25) is 20.4 Å². The molecule has 0 aliphatic rings. The first-order valence-electron chi connectivity index (χ1n) is 5.41. The molecule has 16 heavy (non-hydrogen) atoms. The van der Waals surface area contributed by atoms with Crippen molar-refractivity contribution in [3.05, 3.63) is 0 Å². The van der Waals surface area contributed by atoms with E-state index in [1.807, 2.05) is 13.8 Å².